The fraction of sp³-hybridized carbons (Fsp3) is 0.500. The average Bonchev–Trinajstić information content (AvgIpc) is 2.50. The van der Waals surface area contributed by atoms with E-state index in [9.17, 15) is 0 Å². The first-order valence-electron chi connectivity index (χ1n) is 7.88. The number of ether oxygens (including phenoxy) is 1. The first-order valence-corrected chi connectivity index (χ1v) is 7.88. The SMILES string of the molecule is CCNC(COc1cccc2ccc(C)nc12)C(C)CC. The van der Waals surface area contributed by atoms with Crippen LogP contribution in [0.5, 0.6) is 5.75 Å². The van der Waals surface area contributed by atoms with Crippen LogP contribution in [0, 0.1) is 12.8 Å². The van der Waals surface area contributed by atoms with Crippen LogP contribution in [0.25, 0.3) is 10.9 Å². The minimum absolute atomic E-state index is 0.375. The van der Waals surface area contributed by atoms with Crippen LogP contribution in [0.2, 0.25) is 0 Å². The Morgan fingerprint density at radius 1 is 1.19 bits per heavy atom. The number of hydrogen-bond acceptors (Lipinski definition) is 3. The van der Waals surface area contributed by atoms with Gasteiger partial charge < -0.3 is 10.1 Å². The van der Waals surface area contributed by atoms with Crippen LogP contribution >= 0.6 is 0 Å². The number of benzene rings is 1. The minimum atomic E-state index is 0.375. The highest BCUT2D eigenvalue weighted by molar-refractivity contribution is 5.84. The maximum absolute atomic E-state index is 6.09. The third-order valence-corrected chi connectivity index (χ3v) is 4.04. The summed E-state index contributed by atoms with van der Waals surface area (Å²) in [6.45, 7) is 10.3. The molecule has 0 saturated heterocycles. The molecule has 0 fully saturated rings. The van der Waals surface area contributed by atoms with E-state index < -0.39 is 0 Å². The summed E-state index contributed by atoms with van der Waals surface area (Å²) in [6.07, 6.45) is 1.15. The highest BCUT2D eigenvalue weighted by Gasteiger charge is 2.16. The van der Waals surface area contributed by atoms with Gasteiger partial charge in [-0.15, -0.1) is 0 Å². The van der Waals surface area contributed by atoms with Gasteiger partial charge >= 0.3 is 0 Å². The van der Waals surface area contributed by atoms with E-state index in [1.54, 1.807) is 0 Å². The van der Waals surface area contributed by atoms with Crippen molar-refractivity contribution >= 4 is 10.9 Å². The normalized spacial score (nSPS) is 14.1. The second-order valence-corrected chi connectivity index (χ2v) is 5.64. The Balaban J connectivity index is 2.17. The molecule has 2 atom stereocenters. The molecule has 0 radical (unpaired) electrons. The van der Waals surface area contributed by atoms with Crippen molar-refractivity contribution in [1.29, 1.82) is 0 Å². The van der Waals surface area contributed by atoms with E-state index in [1.165, 1.54) is 0 Å². The fourth-order valence-corrected chi connectivity index (χ4v) is 2.48. The van der Waals surface area contributed by atoms with E-state index in [1.807, 2.05) is 25.1 Å². The minimum Gasteiger partial charge on any atom is -0.490 e. The van der Waals surface area contributed by atoms with Crippen molar-refractivity contribution < 1.29 is 4.74 Å². The Morgan fingerprint density at radius 2 is 2.00 bits per heavy atom. The molecule has 1 aromatic carbocycles. The van der Waals surface area contributed by atoms with Gasteiger partial charge in [0.1, 0.15) is 17.9 Å². The van der Waals surface area contributed by atoms with Crippen LogP contribution in [-0.4, -0.2) is 24.2 Å². The molecule has 21 heavy (non-hydrogen) atoms. The van der Waals surface area contributed by atoms with Gasteiger partial charge in [0.25, 0.3) is 0 Å². The Labute approximate surface area is 127 Å². The third kappa shape index (κ3) is 3.94. The van der Waals surface area contributed by atoms with Gasteiger partial charge in [0, 0.05) is 17.1 Å². The van der Waals surface area contributed by atoms with Crippen LogP contribution in [0.15, 0.2) is 30.3 Å². The Morgan fingerprint density at radius 3 is 2.71 bits per heavy atom. The summed E-state index contributed by atoms with van der Waals surface area (Å²) < 4.78 is 6.09. The lowest BCUT2D eigenvalue weighted by Gasteiger charge is -2.24. The van der Waals surface area contributed by atoms with Crippen LogP contribution in [0.1, 0.15) is 32.9 Å². The van der Waals surface area contributed by atoms with Gasteiger partial charge in [-0.2, -0.15) is 0 Å². The zero-order valence-electron chi connectivity index (χ0n) is 13.5. The number of aromatic nitrogens is 1. The number of nitrogens with zero attached hydrogens (tertiary/aromatic N) is 1. The molecule has 3 nitrogen and oxygen atoms in total. The van der Waals surface area contributed by atoms with Crippen molar-refractivity contribution in [2.45, 2.75) is 40.2 Å². The molecule has 0 spiro atoms. The van der Waals surface area contributed by atoms with Gasteiger partial charge in [-0.25, -0.2) is 4.98 Å². The lowest BCUT2D eigenvalue weighted by Crippen LogP contribution is -2.39. The van der Waals surface area contributed by atoms with Crippen molar-refractivity contribution in [2.75, 3.05) is 13.2 Å². The van der Waals surface area contributed by atoms with E-state index >= 15 is 0 Å². The first-order chi connectivity index (χ1) is 10.2. The standard InChI is InChI=1S/C18H26N2O/c1-5-13(3)16(19-6-2)12-21-17-9-7-8-15-11-10-14(4)20-18(15)17/h7-11,13,16,19H,5-6,12H2,1-4H3. The number of rotatable bonds is 7. The Hall–Kier alpha value is -1.61. The van der Waals surface area contributed by atoms with Crippen molar-refractivity contribution in [3.63, 3.8) is 0 Å². The third-order valence-electron chi connectivity index (χ3n) is 4.04. The highest BCUT2D eigenvalue weighted by atomic mass is 16.5. The lowest BCUT2D eigenvalue weighted by atomic mass is 10.00. The monoisotopic (exact) mass is 286 g/mol. The molecule has 2 unspecified atom stereocenters. The summed E-state index contributed by atoms with van der Waals surface area (Å²) in [5.41, 5.74) is 1.97. The van der Waals surface area contributed by atoms with Gasteiger partial charge in [0.05, 0.1) is 0 Å². The highest BCUT2D eigenvalue weighted by Crippen LogP contribution is 2.24. The molecule has 0 aliphatic rings. The largest absolute Gasteiger partial charge is 0.490 e. The molecule has 1 heterocycles. The molecular weight excluding hydrogens is 260 g/mol. The molecule has 114 valence electrons. The summed E-state index contributed by atoms with van der Waals surface area (Å²) >= 11 is 0. The molecule has 0 aliphatic carbocycles. The molecule has 0 bridgehead atoms. The second-order valence-electron chi connectivity index (χ2n) is 5.64. The van der Waals surface area contributed by atoms with Crippen LogP contribution < -0.4 is 10.1 Å². The smallest absolute Gasteiger partial charge is 0.145 e. The van der Waals surface area contributed by atoms with E-state index in [0.29, 0.717) is 18.6 Å². The quantitative estimate of drug-likeness (QED) is 0.837. The maximum Gasteiger partial charge on any atom is 0.145 e. The summed E-state index contributed by atoms with van der Waals surface area (Å²) in [5.74, 6) is 1.47. The number of hydrogen-bond donors (Lipinski definition) is 1. The molecule has 0 aliphatic heterocycles. The van der Waals surface area contributed by atoms with Crippen molar-refractivity contribution in [1.82, 2.24) is 10.3 Å². The average molecular weight is 286 g/mol. The molecular formula is C18H26N2O. The van der Waals surface area contributed by atoms with E-state index in [0.717, 1.165) is 35.3 Å². The summed E-state index contributed by atoms with van der Waals surface area (Å²) in [6, 6.07) is 10.6. The van der Waals surface area contributed by atoms with E-state index in [4.69, 9.17) is 4.74 Å². The van der Waals surface area contributed by atoms with Gasteiger partial charge in [-0.1, -0.05) is 45.4 Å². The number of aryl methyl sites for hydroxylation is 1. The van der Waals surface area contributed by atoms with Gasteiger partial charge in [-0.3, -0.25) is 0 Å². The molecule has 2 aromatic rings. The van der Waals surface area contributed by atoms with E-state index in [-0.39, 0.29) is 0 Å². The number of para-hydroxylation sites is 1. The molecule has 1 aromatic heterocycles. The van der Waals surface area contributed by atoms with E-state index in [2.05, 4.69) is 43.2 Å². The maximum atomic E-state index is 6.09. The second kappa shape index (κ2) is 7.41. The molecule has 0 amide bonds. The van der Waals surface area contributed by atoms with Crippen molar-refractivity contribution in [3.8, 4) is 5.75 Å². The van der Waals surface area contributed by atoms with Gasteiger partial charge in [-0.05, 0) is 31.5 Å². The summed E-state index contributed by atoms with van der Waals surface area (Å²) in [7, 11) is 0. The predicted molar refractivity (Wildman–Crippen MR) is 88.9 cm³/mol. The van der Waals surface area contributed by atoms with Crippen LogP contribution in [0.3, 0.4) is 0 Å². The predicted octanol–water partition coefficient (Wildman–Crippen LogP) is 3.95. The van der Waals surface area contributed by atoms with Gasteiger partial charge in [0.2, 0.25) is 0 Å². The molecule has 0 saturated carbocycles. The number of pyridine rings is 1. The van der Waals surface area contributed by atoms with Crippen LogP contribution in [-0.2, 0) is 0 Å². The topological polar surface area (TPSA) is 34.1 Å². The lowest BCUT2D eigenvalue weighted by molar-refractivity contribution is 0.224. The Kier molecular flexibility index (Phi) is 5.57. The molecule has 1 N–H and O–H groups in total. The fourth-order valence-electron chi connectivity index (χ4n) is 2.48. The summed E-state index contributed by atoms with van der Waals surface area (Å²) in [5, 5.41) is 4.64. The number of likely N-dealkylation sites (N-methyl/N-ethyl adjacent to an activating group) is 1. The molecule has 2 rings (SSSR count). The number of fused-ring (bicyclic) bond motifs is 1. The Bertz CT molecular complexity index is 582. The zero-order chi connectivity index (χ0) is 15.2. The molecule has 3 heteroatoms. The first kappa shape index (κ1) is 15.8. The zero-order valence-corrected chi connectivity index (χ0v) is 13.5. The van der Waals surface area contributed by atoms with Crippen molar-refractivity contribution in [3.05, 3.63) is 36.0 Å². The van der Waals surface area contributed by atoms with Gasteiger partial charge in [0.15, 0.2) is 0 Å². The summed E-state index contributed by atoms with van der Waals surface area (Å²) in [4.78, 5) is 4.62. The number of nitrogens with one attached hydrogen (secondary N) is 1. The van der Waals surface area contributed by atoms with Crippen molar-refractivity contribution in [2.24, 2.45) is 5.92 Å². The van der Waals surface area contributed by atoms with Crippen LogP contribution in [0.4, 0.5) is 0 Å².